The van der Waals surface area contributed by atoms with Gasteiger partial charge in [0, 0.05) is 51.4 Å². The number of likely N-dealkylation sites (N-methyl/N-ethyl adjacent to an activating group) is 1. The van der Waals surface area contributed by atoms with Crippen LogP contribution in [0.1, 0.15) is 12.8 Å². The summed E-state index contributed by atoms with van der Waals surface area (Å²) in [5.41, 5.74) is 0.0234. The Hall–Kier alpha value is -1.62. The number of piperidine rings is 1. The van der Waals surface area contributed by atoms with Crippen LogP contribution in [0.4, 0.5) is 0 Å². The number of aromatic nitrogens is 1. The van der Waals surface area contributed by atoms with Gasteiger partial charge < -0.3 is 14.8 Å². The van der Waals surface area contributed by atoms with Crippen LogP contribution in [-0.2, 0) is 11.3 Å². The number of carbonyl (C=O) groups excluding carboxylic acids is 1. The molecule has 1 aliphatic heterocycles. The van der Waals surface area contributed by atoms with Gasteiger partial charge in [-0.2, -0.15) is 0 Å². The van der Waals surface area contributed by atoms with Crippen LogP contribution in [0.2, 0.25) is 0 Å². The van der Waals surface area contributed by atoms with Crippen LogP contribution in [0.25, 0.3) is 0 Å². The molecule has 1 unspecified atom stereocenters. The van der Waals surface area contributed by atoms with Gasteiger partial charge >= 0.3 is 0 Å². The van der Waals surface area contributed by atoms with E-state index in [1.54, 1.807) is 27.8 Å². The summed E-state index contributed by atoms with van der Waals surface area (Å²) in [5, 5.41) is 3.39. The minimum Gasteiger partial charge on any atom is -0.344 e. The lowest BCUT2D eigenvalue weighted by atomic mass is 10.1. The molecule has 18 heavy (non-hydrogen) atoms. The second-order valence-electron chi connectivity index (χ2n) is 4.70. The van der Waals surface area contributed by atoms with Gasteiger partial charge in [-0.15, -0.1) is 0 Å². The minimum atomic E-state index is 0.0234. The maximum atomic E-state index is 11.5. The summed E-state index contributed by atoms with van der Waals surface area (Å²) >= 11 is 0. The van der Waals surface area contributed by atoms with Gasteiger partial charge in [-0.25, -0.2) is 0 Å². The Labute approximate surface area is 106 Å². The van der Waals surface area contributed by atoms with E-state index in [4.69, 9.17) is 0 Å². The van der Waals surface area contributed by atoms with Gasteiger partial charge in [0.05, 0.1) is 0 Å². The van der Waals surface area contributed by atoms with E-state index in [-0.39, 0.29) is 11.5 Å². The molecule has 0 aliphatic carbocycles. The van der Waals surface area contributed by atoms with Crippen molar-refractivity contribution in [1.29, 1.82) is 0 Å². The zero-order chi connectivity index (χ0) is 13.0. The molecule has 1 atom stereocenters. The quantitative estimate of drug-likeness (QED) is 0.821. The van der Waals surface area contributed by atoms with Gasteiger partial charge in [0.15, 0.2) is 0 Å². The van der Waals surface area contributed by atoms with Crippen molar-refractivity contribution in [3.63, 3.8) is 0 Å². The van der Waals surface area contributed by atoms with Gasteiger partial charge in [-0.3, -0.25) is 9.59 Å². The maximum Gasteiger partial charge on any atom is 0.250 e. The van der Waals surface area contributed by atoms with E-state index in [0.717, 1.165) is 19.5 Å². The van der Waals surface area contributed by atoms with E-state index in [0.29, 0.717) is 19.0 Å². The van der Waals surface area contributed by atoms with Crippen molar-refractivity contribution in [3.05, 3.63) is 34.7 Å². The van der Waals surface area contributed by atoms with Crippen molar-refractivity contribution in [3.8, 4) is 0 Å². The molecule has 0 aromatic carbocycles. The molecule has 1 aliphatic rings. The summed E-state index contributed by atoms with van der Waals surface area (Å²) in [6.45, 7) is 2.16. The second kappa shape index (κ2) is 5.82. The zero-order valence-corrected chi connectivity index (χ0v) is 10.6. The van der Waals surface area contributed by atoms with Gasteiger partial charge in [-0.1, -0.05) is 6.07 Å². The largest absolute Gasteiger partial charge is 0.344 e. The predicted molar refractivity (Wildman–Crippen MR) is 69.4 cm³/mol. The fourth-order valence-corrected chi connectivity index (χ4v) is 2.21. The molecular formula is C13H19N3O2. The molecule has 0 saturated carbocycles. The first kappa shape index (κ1) is 12.8. The van der Waals surface area contributed by atoms with Crippen molar-refractivity contribution >= 4 is 5.91 Å². The molecule has 1 N–H and O–H groups in total. The Morgan fingerprint density at radius 2 is 2.22 bits per heavy atom. The third-order valence-electron chi connectivity index (χ3n) is 3.31. The average Bonchev–Trinajstić information content (AvgIpc) is 2.36. The normalized spacial score (nSPS) is 20.2. The number of amides is 1. The third kappa shape index (κ3) is 3.20. The molecule has 1 aromatic heterocycles. The third-order valence-corrected chi connectivity index (χ3v) is 3.31. The maximum absolute atomic E-state index is 11.5. The molecule has 2 rings (SSSR count). The summed E-state index contributed by atoms with van der Waals surface area (Å²) in [7, 11) is 1.83. The molecule has 5 heteroatoms. The molecule has 1 saturated heterocycles. The van der Waals surface area contributed by atoms with Gasteiger partial charge in [-0.05, 0) is 12.5 Å². The highest BCUT2D eigenvalue weighted by Crippen LogP contribution is 2.09. The Morgan fingerprint density at radius 3 is 2.94 bits per heavy atom. The number of hydrogen-bond acceptors (Lipinski definition) is 3. The van der Waals surface area contributed by atoms with Crippen molar-refractivity contribution in [2.75, 3.05) is 20.1 Å². The fourth-order valence-electron chi connectivity index (χ4n) is 2.21. The van der Waals surface area contributed by atoms with Crippen LogP contribution in [0.15, 0.2) is 29.2 Å². The monoisotopic (exact) mass is 249 g/mol. The lowest BCUT2D eigenvalue weighted by Gasteiger charge is -2.30. The molecule has 98 valence electrons. The van der Waals surface area contributed by atoms with Gasteiger partial charge in [0.2, 0.25) is 5.91 Å². The highest BCUT2D eigenvalue weighted by Gasteiger charge is 2.21. The summed E-state index contributed by atoms with van der Waals surface area (Å²) in [6, 6.07) is 5.50. The summed E-state index contributed by atoms with van der Waals surface area (Å²) in [5.74, 6) is 0.215. The Bertz CT molecular complexity index is 469. The van der Waals surface area contributed by atoms with Crippen LogP contribution in [0.3, 0.4) is 0 Å². The molecule has 2 heterocycles. The molecule has 0 spiro atoms. The van der Waals surface area contributed by atoms with E-state index in [9.17, 15) is 9.59 Å². The predicted octanol–water partition coefficient (Wildman–Crippen LogP) is 0.0587. The van der Waals surface area contributed by atoms with Crippen LogP contribution >= 0.6 is 0 Å². The summed E-state index contributed by atoms with van der Waals surface area (Å²) < 4.78 is 1.69. The minimum absolute atomic E-state index is 0.0234. The van der Waals surface area contributed by atoms with Crippen molar-refractivity contribution < 1.29 is 4.79 Å². The first-order valence-corrected chi connectivity index (χ1v) is 6.29. The van der Waals surface area contributed by atoms with E-state index in [2.05, 4.69) is 5.32 Å². The van der Waals surface area contributed by atoms with Crippen molar-refractivity contribution in [1.82, 2.24) is 14.8 Å². The lowest BCUT2D eigenvalue weighted by molar-refractivity contribution is -0.132. The average molecular weight is 249 g/mol. The molecule has 1 amide bonds. The number of rotatable bonds is 4. The molecular weight excluding hydrogens is 230 g/mol. The number of nitrogens with zero attached hydrogens (tertiary/aromatic N) is 2. The van der Waals surface area contributed by atoms with Crippen LogP contribution in [-0.4, -0.2) is 41.6 Å². The van der Waals surface area contributed by atoms with Crippen LogP contribution in [0, 0.1) is 0 Å². The SMILES string of the molecule is CN1CC(NCCn2ccccc2=O)CCC1=O. The number of likely N-dealkylation sites (tertiary alicyclic amines) is 1. The molecule has 1 fully saturated rings. The highest BCUT2D eigenvalue weighted by atomic mass is 16.2. The number of hydrogen-bond donors (Lipinski definition) is 1. The summed E-state index contributed by atoms with van der Waals surface area (Å²) in [6.07, 6.45) is 3.28. The van der Waals surface area contributed by atoms with E-state index in [1.165, 1.54) is 0 Å². The number of pyridine rings is 1. The lowest BCUT2D eigenvalue weighted by Crippen LogP contribution is -2.47. The molecule has 0 bridgehead atoms. The molecule has 1 aromatic rings. The Morgan fingerprint density at radius 1 is 1.39 bits per heavy atom. The number of carbonyl (C=O) groups is 1. The first-order chi connectivity index (χ1) is 8.66. The van der Waals surface area contributed by atoms with E-state index >= 15 is 0 Å². The first-order valence-electron chi connectivity index (χ1n) is 6.29. The van der Waals surface area contributed by atoms with Gasteiger partial charge in [0.1, 0.15) is 0 Å². The molecule has 0 radical (unpaired) electrons. The Kier molecular flexibility index (Phi) is 4.15. The topological polar surface area (TPSA) is 54.3 Å². The van der Waals surface area contributed by atoms with Crippen molar-refractivity contribution in [2.24, 2.45) is 0 Å². The Balaban J connectivity index is 1.78. The van der Waals surface area contributed by atoms with E-state index < -0.39 is 0 Å². The van der Waals surface area contributed by atoms with Gasteiger partial charge in [0.25, 0.3) is 5.56 Å². The van der Waals surface area contributed by atoms with Crippen LogP contribution < -0.4 is 10.9 Å². The van der Waals surface area contributed by atoms with Crippen LogP contribution in [0.5, 0.6) is 0 Å². The molecule has 5 nitrogen and oxygen atoms in total. The smallest absolute Gasteiger partial charge is 0.250 e. The highest BCUT2D eigenvalue weighted by molar-refractivity contribution is 5.76. The zero-order valence-electron chi connectivity index (χ0n) is 10.6. The second-order valence-corrected chi connectivity index (χ2v) is 4.70. The standard InChI is InChI=1S/C13H19N3O2/c1-15-10-11(5-6-12(15)17)14-7-9-16-8-3-2-4-13(16)18/h2-4,8,11,14H,5-7,9-10H2,1H3. The fraction of sp³-hybridized carbons (Fsp3) is 0.538. The summed E-state index contributed by atoms with van der Waals surface area (Å²) in [4.78, 5) is 24.6. The van der Waals surface area contributed by atoms with Crippen molar-refractivity contribution in [2.45, 2.75) is 25.4 Å². The van der Waals surface area contributed by atoms with E-state index in [1.807, 2.05) is 13.1 Å². The number of nitrogens with one attached hydrogen (secondary N) is 1.